The van der Waals surface area contributed by atoms with Crippen LogP contribution in [0.3, 0.4) is 0 Å². The third kappa shape index (κ3) is 3.00. The molecule has 0 saturated carbocycles. The van der Waals surface area contributed by atoms with Crippen LogP contribution in [-0.2, 0) is 4.79 Å². The van der Waals surface area contributed by atoms with E-state index in [9.17, 15) is 4.79 Å². The van der Waals surface area contributed by atoms with Gasteiger partial charge in [0.2, 0.25) is 5.91 Å². The quantitative estimate of drug-likeness (QED) is 0.751. The summed E-state index contributed by atoms with van der Waals surface area (Å²) in [6.07, 6.45) is 2.60. The molecule has 1 heterocycles. The van der Waals surface area contributed by atoms with Gasteiger partial charge in [0.1, 0.15) is 5.01 Å². The van der Waals surface area contributed by atoms with Gasteiger partial charge in [-0.05, 0) is 6.42 Å². The molecule has 1 unspecified atom stereocenters. The van der Waals surface area contributed by atoms with Crippen LogP contribution in [0.2, 0.25) is 0 Å². The molecule has 0 bridgehead atoms. The second-order valence-electron chi connectivity index (χ2n) is 2.56. The number of thiol groups is 1. The first kappa shape index (κ1) is 10.5. The van der Waals surface area contributed by atoms with Gasteiger partial charge in [-0.2, -0.15) is 12.6 Å². The zero-order valence-corrected chi connectivity index (χ0v) is 9.07. The largest absolute Gasteiger partial charge is 0.346 e. The maximum Gasteiger partial charge on any atom is 0.230 e. The molecule has 0 saturated heterocycles. The number of hydrogen-bond acceptors (Lipinski definition) is 4. The number of nitrogens with one attached hydrogen (secondary N) is 1. The minimum Gasteiger partial charge on any atom is -0.346 e. The molecule has 0 radical (unpaired) electrons. The first-order valence-electron chi connectivity index (χ1n) is 4.07. The number of rotatable bonds is 4. The molecule has 0 spiro atoms. The highest BCUT2D eigenvalue weighted by molar-refractivity contribution is 7.81. The van der Waals surface area contributed by atoms with Crippen molar-refractivity contribution in [1.82, 2.24) is 10.3 Å². The van der Waals surface area contributed by atoms with Gasteiger partial charge in [-0.1, -0.05) is 6.92 Å². The second kappa shape index (κ2) is 5.24. The fourth-order valence-corrected chi connectivity index (χ4v) is 1.85. The van der Waals surface area contributed by atoms with Crippen LogP contribution in [0.5, 0.6) is 0 Å². The van der Waals surface area contributed by atoms with E-state index in [4.69, 9.17) is 0 Å². The highest BCUT2D eigenvalue weighted by atomic mass is 32.1. The monoisotopic (exact) mass is 216 g/mol. The van der Waals surface area contributed by atoms with Crippen molar-refractivity contribution in [2.75, 3.05) is 5.75 Å². The normalized spacial score (nSPS) is 12.5. The second-order valence-corrected chi connectivity index (χ2v) is 3.80. The number of amides is 1. The Kier molecular flexibility index (Phi) is 4.24. The lowest BCUT2D eigenvalue weighted by Crippen LogP contribution is -2.28. The van der Waals surface area contributed by atoms with Crippen LogP contribution < -0.4 is 5.32 Å². The Labute approximate surface area is 87.0 Å². The Morgan fingerprint density at radius 1 is 1.85 bits per heavy atom. The van der Waals surface area contributed by atoms with Crippen LogP contribution in [0.25, 0.3) is 0 Å². The molecule has 0 aromatic carbocycles. The summed E-state index contributed by atoms with van der Waals surface area (Å²) in [4.78, 5) is 15.2. The van der Waals surface area contributed by atoms with Crippen LogP contribution in [0, 0.1) is 0 Å². The fourth-order valence-electron chi connectivity index (χ4n) is 0.985. The van der Waals surface area contributed by atoms with E-state index in [1.807, 2.05) is 12.3 Å². The van der Waals surface area contributed by atoms with E-state index in [1.165, 1.54) is 0 Å². The van der Waals surface area contributed by atoms with Gasteiger partial charge in [-0.15, -0.1) is 11.3 Å². The predicted octanol–water partition coefficient (Wildman–Crippen LogP) is 1.64. The van der Waals surface area contributed by atoms with Crippen molar-refractivity contribution < 1.29 is 4.79 Å². The summed E-state index contributed by atoms with van der Waals surface area (Å²) < 4.78 is 0. The van der Waals surface area contributed by atoms with Gasteiger partial charge in [-0.3, -0.25) is 4.79 Å². The van der Waals surface area contributed by atoms with E-state index in [2.05, 4.69) is 22.9 Å². The van der Waals surface area contributed by atoms with Gasteiger partial charge in [0, 0.05) is 11.6 Å². The van der Waals surface area contributed by atoms with Gasteiger partial charge >= 0.3 is 0 Å². The van der Waals surface area contributed by atoms with Crippen LogP contribution in [0.4, 0.5) is 0 Å². The smallest absolute Gasteiger partial charge is 0.230 e. The molecule has 72 valence electrons. The highest BCUT2D eigenvalue weighted by Gasteiger charge is 2.13. The number of carbonyl (C=O) groups excluding carboxylic acids is 1. The molecule has 1 amide bonds. The van der Waals surface area contributed by atoms with E-state index < -0.39 is 0 Å². The molecule has 0 aliphatic carbocycles. The molecule has 5 heteroatoms. The van der Waals surface area contributed by atoms with Gasteiger partial charge < -0.3 is 5.32 Å². The third-order valence-corrected chi connectivity index (χ3v) is 2.81. The molecule has 1 atom stereocenters. The molecule has 1 rings (SSSR count). The van der Waals surface area contributed by atoms with Crippen molar-refractivity contribution in [1.29, 1.82) is 0 Å². The first-order chi connectivity index (χ1) is 6.27. The number of nitrogens with zero attached hydrogens (tertiary/aromatic N) is 1. The van der Waals surface area contributed by atoms with E-state index >= 15 is 0 Å². The molecule has 0 aliphatic heterocycles. The molecular formula is C8H12N2OS2. The van der Waals surface area contributed by atoms with Gasteiger partial charge in [0.25, 0.3) is 0 Å². The lowest BCUT2D eigenvalue weighted by molar-refractivity contribution is -0.119. The van der Waals surface area contributed by atoms with E-state index in [-0.39, 0.29) is 17.7 Å². The molecule has 0 fully saturated rings. The predicted molar refractivity (Wildman–Crippen MR) is 57.1 cm³/mol. The molecule has 0 aliphatic rings. The standard InChI is InChI=1S/C8H12N2OS2/c1-2-6(10-7(11)5-12)8-9-3-4-13-8/h3-4,6,12H,2,5H2,1H3,(H,10,11). The van der Waals surface area contributed by atoms with Gasteiger partial charge in [0.05, 0.1) is 11.8 Å². The molecular weight excluding hydrogens is 204 g/mol. The van der Waals surface area contributed by atoms with Crippen molar-refractivity contribution in [3.05, 3.63) is 16.6 Å². The van der Waals surface area contributed by atoms with Crippen molar-refractivity contribution in [3.63, 3.8) is 0 Å². The van der Waals surface area contributed by atoms with Crippen LogP contribution in [0.15, 0.2) is 11.6 Å². The Bertz CT molecular complexity index is 261. The highest BCUT2D eigenvalue weighted by Crippen LogP contribution is 2.18. The number of carbonyl (C=O) groups is 1. The average Bonchev–Trinajstić information content (AvgIpc) is 2.66. The lowest BCUT2D eigenvalue weighted by Gasteiger charge is -2.12. The first-order valence-corrected chi connectivity index (χ1v) is 5.58. The summed E-state index contributed by atoms with van der Waals surface area (Å²) >= 11 is 5.45. The summed E-state index contributed by atoms with van der Waals surface area (Å²) in [5.74, 6) is 0.174. The number of thiazole rings is 1. The van der Waals surface area contributed by atoms with Crippen molar-refractivity contribution >= 4 is 29.9 Å². The molecule has 1 N–H and O–H groups in total. The third-order valence-electron chi connectivity index (χ3n) is 1.64. The van der Waals surface area contributed by atoms with Gasteiger partial charge in [0.15, 0.2) is 0 Å². The maximum atomic E-state index is 11.1. The minimum atomic E-state index is -0.0506. The summed E-state index contributed by atoms with van der Waals surface area (Å²) in [5, 5.41) is 5.72. The minimum absolute atomic E-state index is 0.0413. The lowest BCUT2D eigenvalue weighted by atomic mass is 10.2. The molecule has 13 heavy (non-hydrogen) atoms. The van der Waals surface area contributed by atoms with E-state index in [0.717, 1.165) is 11.4 Å². The van der Waals surface area contributed by atoms with Crippen molar-refractivity contribution in [2.45, 2.75) is 19.4 Å². The van der Waals surface area contributed by atoms with Crippen molar-refractivity contribution in [3.8, 4) is 0 Å². The Balaban J connectivity index is 2.58. The summed E-state index contributed by atoms with van der Waals surface area (Å²) in [6, 6.07) is 0.0413. The fraction of sp³-hybridized carbons (Fsp3) is 0.500. The molecule has 1 aromatic rings. The van der Waals surface area contributed by atoms with Crippen LogP contribution in [-0.4, -0.2) is 16.6 Å². The SMILES string of the molecule is CCC(NC(=O)CS)c1nccs1. The average molecular weight is 216 g/mol. The zero-order valence-electron chi connectivity index (χ0n) is 7.36. The van der Waals surface area contributed by atoms with Gasteiger partial charge in [-0.25, -0.2) is 4.98 Å². The zero-order chi connectivity index (χ0) is 9.68. The van der Waals surface area contributed by atoms with Crippen molar-refractivity contribution in [2.24, 2.45) is 0 Å². The summed E-state index contributed by atoms with van der Waals surface area (Å²) in [5.41, 5.74) is 0. The molecule has 1 aromatic heterocycles. The van der Waals surface area contributed by atoms with E-state index in [0.29, 0.717) is 0 Å². The van der Waals surface area contributed by atoms with Crippen LogP contribution in [0.1, 0.15) is 24.4 Å². The maximum absolute atomic E-state index is 11.1. The van der Waals surface area contributed by atoms with E-state index in [1.54, 1.807) is 17.5 Å². The number of hydrogen-bond donors (Lipinski definition) is 2. The Morgan fingerprint density at radius 2 is 2.62 bits per heavy atom. The summed E-state index contributed by atoms with van der Waals surface area (Å²) in [7, 11) is 0. The Hall–Kier alpha value is -0.550. The number of aromatic nitrogens is 1. The summed E-state index contributed by atoms with van der Waals surface area (Å²) in [6.45, 7) is 2.02. The topological polar surface area (TPSA) is 42.0 Å². The van der Waals surface area contributed by atoms with Crippen LogP contribution >= 0.6 is 24.0 Å². The molecule has 3 nitrogen and oxygen atoms in total. The Morgan fingerprint density at radius 3 is 3.08 bits per heavy atom.